The summed E-state index contributed by atoms with van der Waals surface area (Å²) in [5.74, 6) is 0.571. The Morgan fingerprint density at radius 2 is 1.79 bits per heavy atom. The first-order valence-electron chi connectivity index (χ1n) is 7.91. The van der Waals surface area contributed by atoms with Crippen LogP contribution in [0.4, 0.5) is 5.95 Å². The van der Waals surface area contributed by atoms with Gasteiger partial charge in [-0.2, -0.15) is 0 Å². The van der Waals surface area contributed by atoms with Gasteiger partial charge in [-0.25, -0.2) is 4.98 Å². The van der Waals surface area contributed by atoms with Gasteiger partial charge in [-0.15, -0.1) is 0 Å². The van der Waals surface area contributed by atoms with Gasteiger partial charge in [0.05, 0.1) is 5.69 Å². The highest BCUT2D eigenvalue weighted by molar-refractivity contribution is 5.59. The van der Waals surface area contributed by atoms with E-state index in [2.05, 4.69) is 46.5 Å². The summed E-state index contributed by atoms with van der Waals surface area (Å²) in [6.45, 7) is 2.79. The van der Waals surface area contributed by atoms with Crippen LogP contribution in [-0.4, -0.2) is 21.1 Å². The van der Waals surface area contributed by atoms with Gasteiger partial charge in [-0.05, 0) is 31.0 Å². The zero-order valence-electron chi connectivity index (χ0n) is 13.9. The van der Waals surface area contributed by atoms with Crippen LogP contribution < -0.4 is 10.9 Å². The van der Waals surface area contributed by atoms with E-state index in [1.165, 1.54) is 15.7 Å². The summed E-state index contributed by atoms with van der Waals surface area (Å²) >= 11 is 0. The molecule has 3 aromatic rings. The van der Waals surface area contributed by atoms with Gasteiger partial charge < -0.3 is 5.32 Å². The summed E-state index contributed by atoms with van der Waals surface area (Å²) in [4.78, 5) is 20.7. The zero-order valence-corrected chi connectivity index (χ0v) is 13.9. The molecule has 1 aromatic carbocycles. The number of nitrogens with zero attached hydrogens (tertiary/aromatic N) is 3. The first-order chi connectivity index (χ1) is 11.6. The third-order valence-electron chi connectivity index (χ3n) is 3.93. The van der Waals surface area contributed by atoms with Gasteiger partial charge in [0, 0.05) is 37.6 Å². The summed E-state index contributed by atoms with van der Waals surface area (Å²) in [6.07, 6.45) is 4.26. The van der Waals surface area contributed by atoms with Crippen molar-refractivity contribution in [3.63, 3.8) is 0 Å². The van der Waals surface area contributed by atoms with Crippen LogP contribution >= 0.6 is 0 Å². The van der Waals surface area contributed by atoms with Gasteiger partial charge in [0.2, 0.25) is 5.95 Å². The molecule has 1 N–H and O–H groups in total. The molecule has 0 aliphatic rings. The van der Waals surface area contributed by atoms with Crippen LogP contribution in [0.5, 0.6) is 0 Å². The van der Waals surface area contributed by atoms with Crippen molar-refractivity contribution in [3.05, 3.63) is 76.3 Å². The van der Waals surface area contributed by atoms with Crippen molar-refractivity contribution in [2.75, 3.05) is 11.9 Å². The van der Waals surface area contributed by atoms with Crippen molar-refractivity contribution in [3.8, 4) is 11.3 Å². The molecule has 0 atom stereocenters. The fourth-order valence-corrected chi connectivity index (χ4v) is 2.44. The molecule has 122 valence electrons. The lowest BCUT2D eigenvalue weighted by Gasteiger charge is -2.11. The number of rotatable bonds is 5. The number of nitrogens with one attached hydrogen (secondary N) is 1. The second-order valence-electron chi connectivity index (χ2n) is 5.76. The summed E-state index contributed by atoms with van der Waals surface area (Å²) < 4.78 is 1.53. The van der Waals surface area contributed by atoms with Crippen LogP contribution in [-0.2, 0) is 13.5 Å². The lowest BCUT2D eigenvalue weighted by molar-refractivity contribution is 0.819. The maximum absolute atomic E-state index is 12.2. The minimum atomic E-state index is -0.0883. The van der Waals surface area contributed by atoms with E-state index >= 15 is 0 Å². The van der Waals surface area contributed by atoms with Crippen LogP contribution in [0.15, 0.2) is 59.7 Å². The first kappa shape index (κ1) is 15.9. The summed E-state index contributed by atoms with van der Waals surface area (Å²) in [5.41, 5.74) is 3.95. The predicted molar refractivity (Wildman–Crippen MR) is 96.1 cm³/mol. The highest BCUT2D eigenvalue weighted by Gasteiger charge is 2.07. The Hall–Kier alpha value is -2.95. The highest BCUT2D eigenvalue weighted by atomic mass is 16.1. The molecule has 5 heteroatoms. The largest absolute Gasteiger partial charge is 0.355 e. The van der Waals surface area contributed by atoms with Crippen LogP contribution in [0.3, 0.4) is 0 Å². The van der Waals surface area contributed by atoms with E-state index in [4.69, 9.17) is 0 Å². The summed E-state index contributed by atoms with van der Waals surface area (Å²) in [6, 6.07) is 13.7. The van der Waals surface area contributed by atoms with Crippen molar-refractivity contribution in [1.82, 2.24) is 14.5 Å². The lowest BCUT2D eigenvalue weighted by Crippen LogP contribution is -2.22. The molecule has 0 saturated heterocycles. The predicted octanol–water partition coefficient (Wildman–Crippen LogP) is 2.81. The Morgan fingerprint density at radius 1 is 1.08 bits per heavy atom. The molecular formula is C19H20N4O. The second kappa shape index (κ2) is 7.08. The fraction of sp³-hybridized carbons (Fsp3) is 0.211. The van der Waals surface area contributed by atoms with Crippen molar-refractivity contribution in [2.45, 2.75) is 13.3 Å². The molecule has 3 rings (SSSR count). The van der Waals surface area contributed by atoms with Crippen molar-refractivity contribution in [2.24, 2.45) is 7.05 Å². The average molecular weight is 320 g/mol. The standard InChI is InChI=1S/C19H20N4O/c1-14-3-5-15(6-4-14)7-12-21-19-22-17(13-18(24)23(19)2)16-8-10-20-11-9-16/h3-6,8-11,13H,7,12H2,1-2H3,(H,21,22). The molecule has 0 fully saturated rings. The highest BCUT2D eigenvalue weighted by Crippen LogP contribution is 2.15. The maximum atomic E-state index is 12.2. The van der Waals surface area contributed by atoms with Crippen molar-refractivity contribution < 1.29 is 0 Å². The lowest BCUT2D eigenvalue weighted by atomic mass is 10.1. The van der Waals surface area contributed by atoms with Gasteiger partial charge >= 0.3 is 0 Å². The van der Waals surface area contributed by atoms with Crippen LogP contribution in [0.25, 0.3) is 11.3 Å². The minimum Gasteiger partial charge on any atom is -0.355 e. The Bertz CT molecular complexity index is 870. The smallest absolute Gasteiger partial charge is 0.255 e. The van der Waals surface area contributed by atoms with E-state index in [1.54, 1.807) is 25.5 Å². The number of benzene rings is 1. The van der Waals surface area contributed by atoms with Gasteiger partial charge in [-0.3, -0.25) is 14.3 Å². The summed E-state index contributed by atoms with van der Waals surface area (Å²) in [5, 5.41) is 3.26. The van der Waals surface area contributed by atoms with Crippen LogP contribution in [0.2, 0.25) is 0 Å². The van der Waals surface area contributed by atoms with Gasteiger partial charge in [-0.1, -0.05) is 29.8 Å². The number of hydrogen-bond donors (Lipinski definition) is 1. The van der Waals surface area contributed by atoms with E-state index < -0.39 is 0 Å². The number of pyridine rings is 1. The number of hydrogen-bond acceptors (Lipinski definition) is 4. The van der Waals surface area contributed by atoms with E-state index in [9.17, 15) is 4.79 Å². The SMILES string of the molecule is Cc1ccc(CCNc2nc(-c3ccncc3)cc(=O)n2C)cc1. The molecular weight excluding hydrogens is 300 g/mol. The van der Waals surface area contributed by atoms with E-state index in [0.717, 1.165) is 12.0 Å². The van der Waals surface area contributed by atoms with Crippen molar-refractivity contribution >= 4 is 5.95 Å². The first-order valence-corrected chi connectivity index (χ1v) is 7.91. The number of anilines is 1. The quantitative estimate of drug-likeness (QED) is 0.785. The van der Waals surface area contributed by atoms with E-state index in [1.807, 2.05) is 12.1 Å². The van der Waals surface area contributed by atoms with E-state index in [0.29, 0.717) is 18.2 Å². The average Bonchev–Trinajstić information content (AvgIpc) is 2.61. The van der Waals surface area contributed by atoms with Crippen LogP contribution in [0, 0.1) is 6.92 Å². The molecule has 0 bridgehead atoms. The number of aromatic nitrogens is 3. The molecule has 2 heterocycles. The molecule has 0 radical (unpaired) electrons. The maximum Gasteiger partial charge on any atom is 0.255 e. The Morgan fingerprint density at radius 3 is 2.50 bits per heavy atom. The van der Waals surface area contributed by atoms with Crippen molar-refractivity contribution in [1.29, 1.82) is 0 Å². The molecule has 5 nitrogen and oxygen atoms in total. The topological polar surface area (TPSA) is 59.8 Å². The van der Waals surface area contributed by atoms with Gasteiger partial charge in [0.15, 0.2) is 0 Å². The summed E-state index contributed by atoms with van der Waals surface area (Å²) in [7, 11) is 1.72. The molecule has 2 aromatic heterocycles. The molecule has 0 amide bonds. The van der Waals surface area contributed by atoms with Gasteiger partial charge in [0.25, 0.3) is 5.56 Å². The molecule has 0 spiro atoms. The molecule has 0 unspecified atom stereocenters. The normalized spacial score (nSPS) is 10.6. The Labute approximate surface area is 141 Å². The van der Waals surface area contributed by atoms with E-state index in [-0.39, 0.29) is 5.56 Å². The minimum absolute atomic E-state index is 0.0883. The molecule has 0 aliphatic carbocycles. The number of aryl methyl sites for hydroxylation is 1. The Balaban J connectivity index is 1.76. The molecule has 24 heavy (non-hydrogen) atoms. The molecule has 0 saturated carbocycles. The zero-order chi connectivity index (χ0) is 16.9. The Kier molecular flexibility index (Phi) is 4.70. The van der Waals surface area contributed by atoms with Crippen LogP contribution in [0.1, 0.15) is 11.1 Å². The monoisotopic (exact) mass is 320 g/mol. The van der Waals surface area contributed by atoms with Gasteiger partial charge in [0.1, 0.15) is 0 Å². The molecule has 0 aliphatic heterocycles. The third kappa shape index (κ3) is 3.68. The third-order valence-corrected chi connectivity index (χ3v) is 3.93. The fourth-order valence-electron chi connectivity index (χ4n) is 2.44. The second-order valence-corrected chi connectivity index (χ2v) is 5.76.